The van der Waals surface area contributed by atoms with E-state index in [0.717, 1.165) is 24.3 Å². The molecule has 0 saturated heterocycles. The van der Waals surface area contributed by atoms with Crippen molar-refractivity contribution in [2.75, 3.05) is 7.11 Å². The third kappa shape index (κ3) is 11.7. The number of ether oxygens (including phenoxy) is 1. The summed E-state index contributed by atoms with van der Waals surface area (Å²) in [6, 6.07) is 7.70. The standard InChI is InChI=1S/C26H46O2/c1-4-6-8-9-10-11-13-17-23(16-12-7-5-2)22-25(28-3)21-20-24-18-14-15-19-26(24)27/h14-15,18-19,23,25,27H,4-13,16-17,20-22H2,1-3H3. The van der Waals surface area contributed by atoms with Crippen molar-refractivity contribution in [1.82, 2.24) is 0 Å². The number of hydrogen-bond acceptors (Lipinski definition) is 2. The number of hydrogen-bond donors (Lipinski definition) is 1. The quantitative estimate of drug-likeness (QED) is 0.257. The zero-order chi connectivity index (χ0) is 20.5. The topological polar surface area (TPSA) is 29.5 Å². The summed E-state index contributed by atoms with van der Waals surface area (Å²) in [6.45, 7) is 4.57. The van der Waals surface area contributed by atoms with Crippen LogP contribution in [-0.2, 0) is 11.2 Å². The third-order valence-electron chi connectivity index (χ3n) is 6.09. The van der Waals surface area contributed by atoms with E-state index in [2.05, 4.69) is 13.8 Å². The van der Waals surface area contributed by atoms with Crippen molar-refractivity contribution in [2.24, 2.45) is 5.92 Å². The van der Waals surface area contributed by atoms with E-state index in [1.54, 1.807) is 6.07 Å². The van der Waals surface area contributed by atoms with Gasteiger partial charge in [-0.2, -0.15) is 0 Å². The molecule has 0 aliphatic carbocycles. The lowest BCUT2D eigenvalue weighted by atomic mass is 9.88. The van der Waals surface area contributed by atoms with Gasteiger partial charge in [-0.05, 0) is 36.8 Å². The van der Waals surface area contributed by atoms with Crippen LogP contribution in [0.5, 0.6) is 5.75 Å². The van der Waals surface area contributed by atoms with Crippen LogP contribution in [0.15, 0.2) is 24.3 Å². The summed E-state index contributed by atoms with van der Waals surface area (Å²) < 4.78 is 5.84. The molecule has 0 aliphatic heterocycles. The lowest BCUT2D eigenvalue weighted by molar-refractivity contribution is 0.0696. The van der Waals surface area contributed by atoms with Gasteiger partial charge in [0.1, 0.15) is 5.75 Å². The van der Waals surface area contributed by atoms with Gasteiger partial charge < -0.3 is 9.84 Å². The monoisotopic (exact) mass is 390 g/mol. The lowest BCUT2D eigenvalue weighted by Crippen LogP contribution is -2.17. The number of rotatable bonds is 18. The van der Waals surface area contributed by atoms with Crippen LogP contribution in [0.4, 0.5) is 0 Å². The number of methoxy groups -OCH3 is 1. The predicted molar refractivity (Wildman–Crippen MR) is 122 cm³/mol. The number of phenols is 1. The SMILES string of the molecule is CCCCCCCCCC(CCCCC)CC(CCc1ccccc1O)OC. The molecule has 1 rings (SSSR count). The average Bonchev–Trinajstić information content (AvgIpc) is 2.71. The molecule has 0 heterocycles. The van der Waals surface area contributed by atoms with Gasteiger partial charge in [-0.15, -0.1) is 0 Å². The fourth-order valence-corrected chi connectivity index (χ4v) is 4.20. The third-order valence-corrected chi connectivity index (χ3v) is 6.09. The van der Waals surface area contributed by atoms with Crippen molar-refractivity contribution in [2.45, 2.75) is 116 Å². The van der Waals surface area contributed by atoms with Gasteiger partial charge in [-0.3, -0.25) is 0 Å². The number of unbranched alkanes of at least 4 members (excludes halogenated alkanes) is 8. The maximum absolute atomic E-state index is 10.0. The van der Waals surface area contributed by atoms with E-state index < -0.39 is 0 Å². The molecule has 2 heteroatoms. The molecule has 1 aromatic carbocycles. The zero-order valence-electron chi connectivity index (χ0n) is 18.9. The minimum absolute atomic E-state index is 0.302. The molecule has 1 aromatic rings. The second kappa shape index (κ2) is 16.9. The van der Waals surface area contributed by atoms with Crippen LogP contribution < -0.4 is 0 Å². The number of aryl methyl sites for hydroxylation is 1. The Hall–Kier alpha value is -1.02. The molecule has 0 radical (unpaired) electrons. The lowest BCUT2D eigenvalue weighted by Gasteiger charge is -2.23. The second-order valence-corrected chi connectivity index (χ2v) is 8.53. The second-order valence-electron chi connectivity index (χ2n) is 8.53. The molecule has 0 saturated carbocycles. The van der Waals surface area contributed by atoms with Gasteiger partial charge in [-0.25, -0.2) is 0 Å². The number of phenolic OH excluding ortho intramolecular Hbond substituents is 1. The minimum Gasteiger partial charge on any atom is -0.508 e. The first-order valence-corrected chi connectivity index (χ1v) is 12.0. The first-order valence-electron chi connectivity index (χ1n) is 12.0. The van der Waals surface area contributed by atoms with Crippen LogP contribution >= 0.6 is 0 Å². The number of para-hydroxylation sites is 1. The summed E-state index contributed by atoms with van der Waals surface area (Å²) in [5.74, 6) is 1.21. The molecule has 0 aliphatic rings. The molecule has 0 aromatic heterocycles. The minimum atomic E-state index is 0.302. The van der Waals surface area contributed by atoms with Crippen molar-refractivity contribution in [1.29, 1.82) is 0 Å². The van der Waals surface area contributed by atoms with Crippen molar-refractivity contribution in [3.63, 3.8) is 0 Å². The average molecular weight is 391 g/mol. The van der Waals surface area contributed by atoms with Gasteiger partial charge in [-0.1, -0.05) is 109 Å². The van der Waals surface area contributed by atoms with E-state index >= 15 is 0 Å². The van der Waals surface area contributed by atoms with Crippen molar-refractivity contribution in [3.8, 4) is 5.75 Å². The van der Waals surface area contributed by atoms with E-state index in [-0.39, 0.29) is 0 Å². The molecule has 1 N–H and O–H groups in total. The first-order chi connectivity index (χ1) is 13.7. The van der Waals surface area contributed by atoms with Crippen molar-refractivity contribution < 1.29 is 9.84 Å². The fraction of sp³-hybridized carbons (Fsp3) is 0.769. The molecule has 28 heavy (non-hydrogen) atoms. The van der Waals surface area contributed by atoms with Crippen molar-refractivity contribution in [3.05, 3.63) is 29.8 Å². The van der Waals surface area contributed by atoms with E-state index in [0.29, 0.717) is 11.9 Å². The maximum Gasteiger partial charge on any atom is 0.118 e. The highest BCUT2D eigenvalue weighted by Crippen LogP contribution is 2.26. The fourth-order valence-electron chi connectivity index (χ4n) is 4.20. The Morgan fingerprint density at radius 2 is 1.36 bits per heavy atom. The van der Waals surface area contributed by atoms with Gasteiger partial charge in [0.15, 0.2) is 0 Å². The molecule has 0 amide bonds. The van der Waals surface area contributed by atoms with Crippen molar-refractivity contribution >= 4 is 0 Å². The summed E-state index contributed by atoms with van der Waals surface area (Å²) in [6.07, 6.45) is 19.8. The highest BCUT2D eigenvalue weighted by molar-refractivity contribution is 5.31. The largest absolute Gasteiger partial charge is 0.508 e. The van der Waals surface area contributed by atoms with Crippen LogP contribution in [0, 0.1) is 5.92 Å². The Morgan fingerprint density at radius 3 is 2.00 bits per heavy atom. The Morgan fingerprint density at radius 1 is 0.786 bits per heavy atom. The number of benzene rings is 1. The van der Waals surface area contributed by atoms with Gasteiger partial charge in [0.2, 0.25) is 0 Å². The molecule has 2 unspecified atom stereocenters. The molecule has 162 valence electrons. The van der Waals surface area contributed by atoms with Crippen LogP contribution in [0.3, 0.4) is 0 Å². The summed E-state index contributed by atoms with van der Waals surface area (Å²) in [7, 11) is 1.85. The Labute approximate surface area is 175 Å². The normalized spacial score (nSPS) is 13.5. The Kier molecular flexibility index (Phi) is 15.1. The Bertz CT molecular complexity index is 471. The van der Waals surface area contributed by atoms with E-state index in [4.69, 9.17) is 4.74 Å². The molecule has 2 atom stereocenters. The highest BCUT2D eigenvalue weighted by atomic mass is 16.5. The first kappa shape index (κ1) is 25.0. The molecule has 0 spiro atoms. The Balaban J connectivity index is 2.39. The number of aromatic hydroxyl groups is 1. The summed E-state index contributed by atoms with van der Waals surface area (Å²) >= 11 is 0. The summed E-state index contributed by atoms with van der Waals surface area (Å²) in [5.41, 5.74) is 1.04. The van der Waals surface area contributed by atoms with Crippen LogP contribution in [-0.4, -0.2) is 18.3 Å². The maximum atomic E-state index is 10.0. The van der Waals surface area contributed by atoms with E-state index in [9.17, 15) is 5.11 Å². The molecular weight excluding hydrogens is 344 g/mol. The smallest absolute Gasteiger partial charge is 0.118 e. The van der Waals surface area contributed by atoms with Crippen LogP contribution in [0.2, 0.25) is 0 Å². The van der Waals surface area contributed by atoms with Crippen LogP contribution in [0.25, 0.3) is 0 Å². The van der Waals surface area contributed by atoms with Gasteiger partial charge in [0.25, 0.3) is 0 Å². The molecule has 0 bridgehead atoms. The summed E-state index contributed by atoms with van der Waals surface area (Å²) in [4.78, 5) is 0. The molecule has 2 nitrogen and oxygen atoms in total. The van der Waals surface area contributed by atoms with Gasteiger partial charge >= 0.3 is 0 Å². The summed E-state index contributed by atoms with van der Waals surface area (Å²) in [5, 5.41) is 10.0. The van der Waals surface area contributed by atoms with E-state index in [1.807, 2.05) is 25.3 Å². The van der Waals surface area contributed by atoms with Gasteiger partial charge in [0.05, 0.1) is 6.10 Å². The van der Waals surface area contributed by atoms with E-state index in [1.165, 1.54) is 83.5 Å². The predicted octanol–water partition coefficient (Wildman–Crippen LogP) is 8.07. The molecular formula is C26H46O2. The molecule has 0 fully saturated rings. The van der Waals surface area contributed by atoms with Gasteiger partial charge in [0, 0.05) is 7.11 Å². The zero-order valence-corrected chi connectivity index (χ0v) is 18.9. The highest BCUT2D eigenvalue weighted by Gasteiger charge is 2.17. The van der Waals surface area contributed by atoms with Crippen LogP contribution in [0.1, 0.15) is 109 Å².